The molecule has 272 valence electrons. The van der Waals surface area contributed by atoms with E-state index in [4.69, 9.17) is 4.74 Å². The van der Waals surface area contributed by atoms with Gasteiger partial charge in [0.15, 0.2) is 0 Å². The quantitative estimate of drug-likeness (QED) is 0.172. The molecule has 0 saturated heterocycles. The van der Waals surface area contributed by atoms with Gasteiger partial charge < -0.3 is 13.9 Å². The zero-order chi connectivity index (χ0) is 38.2. The summed E-state index contributed by atoms with van der Waals surface area (Å²) in [6.45, 7) is 0.582. The number of para-hydroxylation sites is 1. The largest absolute Gasteiger partial charge is 0.488 e. The predicted octanol–water partition coefficient (Wildman–Crippen LogP) is 14.4. The van der Waals surface area contributed by atoms with Crippen molar-refractivity contribution in [2.45, 2.75) is 6.61 Å². The van der Waals surface area contributed by atoms with Gasteiger partial charge in [-0.3, -0.25) is 0 Å². The van der Waals surface area contributed by atoms with Gasteiger partial charge in [0.25, 0.3) is 0 Å². The van der Waals surface area contributed by atoms with Crippen molar-refractivity contribution < 1.29 is 4.74 Å². The van der Waals surface area contributed by atoms with E-state index in [0.29, 0.717) is 6.61 Å². The summed E-state index contributed by atoms with van der Waals surface area (Å²) >= 11 is 0. The Bertz CT molecular complexity index is 3390. The van der Waals surface area contributed by atoms with Gasteiger partial charge >= 0.3 is 0 Å². The van der Waals surface area contributed by atoms with Gasteiger partial charge in [-0.1, -0.05) is 146 Å². The fourth-order valence-electron chi connectivity index (χ4n) is 9.30. The highest BCUT2D eigenvalue weighted by molar-refractivity contribution is 6.13. The fourth-order valence-corrected chi connectivity index (χ4v) is 9.30. The molecule has 1 aliphatic heterocycles. The highest BCUT2D eigenvalue weighted by atomic mass is 16.5. The minimum Gasteiger partial charge on any atom is -0.488 e. The van der Waals surface area contributed by atoms with Crippen LogP contribution in [-0.2, 0) is 6.61 Å². The molecule has 0 fully saturated rings. The number of hydrogen-bond acceptors (Lipinski definition) is 1. The molecule has 58 heavy (non-hydrogen) atoms. The van der Waals surface area contributed by atoms with Crippen molar-refractivity contribution in [3.8, 4) is 61.6 Å². The molecule has 3 heteroatoms. The molecule has 3 nitrogen and oxygen atoms in total. The van der Waals surface area contributed by atoms with Crippen molar-refractivity contribution in [1.29, 1.82) is 0 Å². The molecule has 0 saturated carbocycles. The van der Waals surface area contributed by atoms with Crippen molar-refractivity contribution >= 4 is 43.6 Å². The lowest BCUT2D eigenvalue weighted by atomic mass is 9.95. The minimum atomic E-state index is 0.582. The number of benzene rings is 9. The van der Waals surface area contributed by atoms with Crippen LogP contribution in [0.2, 0.25) is 0 Å². The van der Waals surface area contributed by atoms with Gasteiger partial charge in [0.1, 0.15) is 12.4 Å². The van der Waals surface area contributed by atoms with E-state index in [1.807, 2.05) is 0 Å². The second-order valence-electron chi connectivity index (χ2n) is 15.3. The molecule has 0 unspecified atom stereocenters. The van der Waals surface area contributed by atoms with Gasteiger partial charge in [-0.25, -0.2) is 0 Å². The number of hydrogen-bond donors (Lipinski definition) is 0. The SMILES string of the molecule is c1ccc(-c2cccc(-n3c4ccc(-c5ccccc5)cc4c4ccc(-c5ccc6c(c5)c5ccccc5n6-c5cccc6c5-c5ccccc5CO6)cc43)c2)cc1. The van der Waals surface area contributed by atoms with Crippen LogP contribution in [0.4, 0.5) is 0 Å². The van der Waals surface area contributed by atoms with E-state index in [-0.39, 0.29) is 0 Å². The van der Waals surface area contributed by atoms with E-state index >= 15 is 0 Å². The molecule has 0 amide bonds. The molecule has 0 atom stereocenters. The molecule has 0 spiro atoms. The monoisotopic (exact) mass is 740 g/mol. The van der Waals surface area contributed by atoms with Gasteiger partial charge in [0.05, 0.1) is 27.8 Å². The first-order chi connectivity index (χ1) is 28.8. The van der Waals surface area contributed by atoms with Crippen LogP contribution in [0.3, 0.4) is 0 Å². The predicted molar refractivity (Wildman–Crippen MR) is 241 cm³/mol. The summed E-state index contributed by atoms with van der Waals surface area (Å²) in [6, 6.07) is 75.0. The summed E-state index contributed by atoms with van der Waals surface area (Å²) in [5, 5.41) is 4.92. The van der Waals surface area contributed by atoms with Crippen LogP contribution in [0.5, 0.6) is 5.75 Å². The van der Waals surface area contributed by atoms with E-state index in [1.165, 1.54) is 88.1 Å². The summed E-state index contributed by atoms with van der Waals surface area (Å²) in [5.41, 5.74) is 17.8. The van der Waals surface area contributed by atoms with E-state index in [1.54, 1.807) is 0 Å². The van der Waals surface area contributed by atoms with Gasteiger partial charge in [-0.05, 0) is 105 Å². The summed E-state index contributed by atoms with van der Waals surface area (Å²) < 4.78 is 11.2. The van der Waals surface area contributed by atoms with Crippen LogP contribution >= 0.6 is 0 Å². The first-order valence-corrected chi connectivity index (χ1v) is 19.9. The smallest absolute Gasteiger partial charge is 0.129 e. The molecule has 0 N–H and O–H groups in total. The first-order valence-electron chi connectivity index (χ1n) is 19.9. The van der Waals surface area contributed by atoms with E-state index in [0.717, 1.165) is 22.7 Å². The number of ether oxygens (including phenoxy) is 1. The second-order valence-corrected chi connectivity index (χ2v) is 15.3. The Hall–Kier alpha value is -7.62. The second kappa shape index (κ2) is 13.0. The van der Waals surface area contributed by atoms with E-state index in [2.05, 4.69) is 215 Å². The molecular weight excluding hydrogens is 705 g/mol. The molecule has 0 aliphatic carbocycles. The third-order valence-electron chi connectivity index (χ3n) is 12.0. The highest BCUT2D eigenvalue weighted by Crippen LogP contribution is 2.45. The minimum absolute atomic E-state index is 0.582. The molecule has 0 radical (unpaired) electrons. The Morgan fingerprint density at radius 2 is 0.914 bits per heavy atom. The van der Waals surface area contributed by atoms with Crippen LogP contribution in [0.1, 0.15) is 5.56 Å². The van der Waals surface area contributed by atoms with Gasteiger partial charge in [0.2, 0.25) is 0 Å². The summed E-state index contributed by atoms with van der Waals surface area (Å²) in [6.07, 6.45) is 0. The van der Waals surface area contributed by atoms with Gasteiger partial charge in [0, 0.05) is 32.8 Å². The lowest BCUT2D eigenvalue weighted by molar-refractivity contribution is 0.302. The fraction of sp³-hybridized carbons (Fsp3) is 0.0182. The van der Waals surface area contributed by atoms with Crippen LogP contribution < -0.4 is 4.74 Å². The van der Waals surface area contributed by atoms with Crippen molar-refractivity contribution in [2.24, 2.45) is 0 Å². The van der Waals surface area contributed by atoms with Crippen LogP contribution in [-0.4, -0.2) is 9.13 Å². The molecule has 9 aromatic carbocycles. The Kier molecular flexibility index (Phi) is 7.29. The zero-order valence-corrected chi connectivity index (χ0v) is 31.6. The number of aromatic nitrogens is 2. The third kappa shape index (κ3) is 5.07. The standard InChI is InChI=1S/C55H36N2O/c1-3-13-36(14-4-1)38-18-11-19-43(31-38)56-50-29-26-39(37-15-5-2-6-16-37)32-48(50)46-28-25-41(34-53(46)56)40-27-30-51-47(33-40)45-21-9-10-22-49(45)57(51)52-23-12-24-54-55(52)44-20-8-7-17-42(44)35-58-54/h1-34H,35H2. The van der Waals surface area contributed by atoms with Crippen LogP contribution in [0.25, 0.3) is 99.5 Å². The molecule has 2 aromatic heterocycles. The maximum atomic E-state index is 6.33. The lowest BCUT2D eigenvalue weighted by Gasteiger charge is -2.24. The van der Waals surface area contributed by atoms with Gasteiger partial charge in [-0.15, -0.1) is 0 Å². The third-order valence-corrected chi connectivity index (χ3v) is 12.0. The Labute approximate surface area is 336 Å². The average molecular weight is 741 g/mol. The summed E-state index contributed by atoms with van der Waals surface area (Å²) in [5.74, 6) is 0.924. The van der Waals surface area contributed by atoms with E-state index in [9.17, 15) is 0 Å². The normalized spacial score (nSPS) is 12.2. The highest BCUT2D eigenvalue weighted by Gasteiger charge is 2.24. The molecule has 0 bridgehead atoms. The van der Waals surface area contributed by atoms with Crippen LogP contribution in [0, 0.1) is 0 Å². The maximum absolute atomic E-state index is 6.33. The summed E-state index contributed by atoms with van der Waals surface area (Å²) in [4.78, 5) is 0. The first kappa shape index (κ1) is 32.6. The summed E-state index contributed by atoms with van der Waals surface area (Å²) in [7, 11) is 0. The number of fused-ring (bicyclic) bond motifs is 9. The van der Waals surface area contributed by atoms with Crippen molar-refractivity contribution in [2.75, 3.05) is 0 Å². The zero-order valence-electron chi connectivity index (χ0n) is 31.6. The van der Waals surface area contributed by atoms with Crippen molar-refractivity contribution in [1.82, 2.24) is 9.13 Å². The average Bonchev–Trinajstić information content (AvgIpc) is 3.81. The lowest BCUT2D eigenvalue weighted by Crippen LogP contribution is -2.08. The Balaban J connectivity index is 1.06. The molecule has 11 aromatic rings. The van der Waals surface area contributed by atoms with Gasteiger partial charge in [-0.2, -0.15) is 0 Å². The molecule has 3 heterocycles. The molecule has 12 rings (SSSR count). The maximum Gasteiger partial charge on any atom is 0.129 e. The van der Waals surface area contributed by atoms with Crippen molar-refractivity contribution in [3.63, 3.8) is 0 Å². The molecular formula is C55H36N2O. The number of rotatable bonds is 5. The van der Waals surface area contributed by atoms with E-state index < -0.39 is 0 Å². The molecule has 1 aliphatic rings. The Morgan fingerprint density at radius 3 is 1.71 bits per heavy atom. The van der Waals surface area contributed by atoms with Crippen LogP contribution in [0.15, 0.2) is 206 Å². The topological polar surface area (TPSA) is 19.1 Å². The Morgan fingerprint density at radius 1 is 0.345 bits per heavy atom. The number of nitrogens with zero attached hydrogens (tertiary/aromatic N) is 2. The van der Waals surface area contributed by atoms with Crippen molar-refractivity contribution in [3.05, 3.63) is 212 Å².